The third-order valence-corrected chi connectivity index (χ3v) is 3.29. The van der Waals surface area contributed by atoms with E-state index in [-0.39, 0.29) is 5.91 Å². The summed E-state index contributed by atoms with van der Waals surface area (Å²) >= 11 is 5.00. The van der Waals surface area contributed by atoms with Gasteiger partial charge in [0.1, 0.15) is 10.7 Å². The van der Waals surface area contributed by atoms with Crippen molar-refractivity contribution >= 4 is 23.1 Å². The first kappa shape index (κ1) is 12.8. The number of ether oxygens (including phenoxy) is 1. The quantitative estimate of drug-likeness (QED) is 0.836. The van der Waals surface area contributed by atoms with Crippen LogP contribution in [0, 0.1) is 0 Å². The number of carbonyl (C=O) groups is 1. The number of carbonyl (C=O) groups excluding carboxylic acids is 1. The summed E-state index contributed by atoms with van der Waals surface area (Å²) in [6.07, 6.45) is 1.59. The Hall–Kier alpha value is -1.62. The number of benzene rings is 1. The van der Waals surface area contributed by atoms with Gasteiger partial charge in [0, 0.05) is 19.5 Å². The summed E-state index contributed by atoms with van der Waals surface area (Å²) in [5.41, 5.74) is 7.41. The molecule has 2 N–H and O–H groups in total. The topological polar surface area (TPSA) is 55.6 Å². The van der Waals surface area contributed by atoms with Crippen LogP contribution in [0.25, 0.3) is 0 Å². The molecular formula is C13H16N2O2S. The van der Waals surface area contributed by atoms with Crippen LogP contribution in [0.1, 0.15) is 24.0 Å². The molecule has 1 aromatic rings. The molecule has 0 aromatic heterocycles. The van der Waals surface area contributed by atoms with Gasteiger partial charge in [0.25, 0.3) is 0 Å². The highest BCUT2D eigenvalue weighted by Gasteiger charge is 2.20. The van der Waals surface area contributed by atoms with E-state index in [2.05, 4.69) is 0 Å². The maximum absolute atomic E-state index is 11.6. The summed E-state index contributed by atoms with van der Waals surface area (Å²) in [4.78, 5) is 13.7. The monoisotopic (exact) mass is 264 g/mol. The van der Waals surface area contributed by atoms with Crippen molar-refractivity contribution in [3.8, 4) is 5.75 Å². The van der Waals surface area contributed by atoms with Gasteiger partial charge in [0.15, 0.2) is 0 Å². The van der Waals surface area contributed by atoms with Crippen LogP contribution in [-0.2, 0) is 11.3 Å². The zero-order valence-corrected chi connectivity index (χ0v) is 11.1. The van der Waals surface area contributed by atoms with Crippen molar-refractivity contribution in [2.45, 2.75) is 19.4 Å². The van der Waals surface area contributed by atoms with Crippen LogP contribution in [0.2, 0.25) is 0 Å². The number of amides is 1. The number of hydrogen-bond acceptors (Lipinski definition) is 3. The molecule has 1 aliphatic rings. The number of methoxy groups -OCH3 is 1. The molecule has 5 heteroatoms. The predicted molar refractivity (Wildman–Crippen MR) is 73.5 cm³/mol. The highest BCUT2D eigenvalue weighted by Crippen LogP contribution is 2.22. The maximum Gasteiger partial charge on any atom is 0.222 e. The number of rotatable bonds is 4. The molecule has 1 amide bonds. The zero-order chi connectivity index (χ0) is 13.1. The second kappa shape index (κ2) is 5.35. The molecule has 0 bridgehead atoms. The molecule has 2 rings (SSSR count). The van der Waals surface area contributed by atoms with E-state index in [1.807, 2.05) is 23.1 Å². The van der Waals surface area contributed by atoms with Crippen molar-refractivity contribution in [1.29, 1.82) is 0 Å². The van der Waals surface area contributed by atoms with Gasteiger partial charge in [0.2, 0.25) is 5.91 Å². The summed E-state index contributed by atoms with van der Waals surface area (Å²) in [5.74, 6) is 0.877. The van der Waals surface area contributed by atoms with Crippen LogP contribution in [0.5, 0.6) is 5.75 Å². The number of likely N-dealkylation sites (tertiary alicyclic amines) is 1. The first-order chi connectivity index (χ1) is 8.61. The fourth-order valence-corrected chi connectivity index (χ4v) is 2.30. The summed E-state index contributed by atoms with van der Waals surface area (Å²) in [5, 5.41) is 0. The summed E-state index contributed by atoms with van der Waals surface area (Å²) < 4.78 is 5.20. The van der Waals surface area contributed by atoms with Crippen molar-refractivity contribution in [2.24, 2.45) is 5.73 Å². The Morgan fingerprint density at radius 2 is 2.33 bits per heavy atom. The lowest BCUT2D eigenvalue weighted by Crippen LogP contribution is -2.24. The molecule has 18 heavy (non-hydrogen) atoms. The molecule has 0 saturated carbocycles. The minimum absolute atomic E-state index is 0.211. The van der Waals surface area contributed by atoms with E-state index in [0.29, 0.717) is 23.7 Å². The van der Waals surface area contributed by atoms with Crippen molar-refractivity contribution in [3.63, 3.8) is 0 Å². The van der Waals surface area contributed by atoms with Gasteiger partial charge in [-0.3, -0.25) is 4.79 Å². The van der Waals surface area contributed by atoms with Gasteiger partial charge in [-0.25, -0.2) is 0 Å². The molecule has 1 aromatic carbocycles. The van der Waals surface area contributed by atoms with Gasteiger partial charge in [-0.15, -0.1) is 0 Å². The fraction of sp³-hybridized carbons (Fsp3) is 0.385. The Bertz CT molecular complexity index is 488. The third kappa shape index (κ3) is 2.61. The van der Waals surface area contributed by atoms with Gasteiger partial charge in [-0.1, -0.05) is 18.3 Å². The Balaban J connectivity index is 2.21. The maximum atomic E-state index is 11.6. The SMILES string of the molecule is COc1ccc(CN2CCCC2=O)cc1C(N)=S. The Morgan fingerprint density at radius 3 is 2.89 bits per heavy atom. The van der Waals surface area contributed by atoms with Crippen LogP contribution in [-0.4, -0.2) is 29.5 Å². The highest BCUT2D eigenvalue weighted by atomic mass is 32.1. The minimum Gasteiger partial charge on any atom is -0.496 e. The molecule has 0 atom stereocenters. The normalized spacial score (nSPS) is 14.9. The largest absolute Gasteiger partial charge is 0.496 e. The van der Waals surface area contributed by atoms with Crippen LogP contribution < -0.4 is 10.5 Å². The van der Waals surface area contributed by atoms with Gasteiger partial charge in [-0.2, -0.15) is 0 Å². The van der Waals surface area contributed by atoms with Crippen LogP contribution >= 0.6 is 12.2 Å². The third-order valence-electron chi connectivity index (χ3n) is 3.07. The van der Waals surface area contributed by atoms with Crippen molar-refractivity contribution in [2.75, 3.05) is 13.7 Å². The Kier molecular flexibility index (Phi) is 3.81. The van der Waals surface area contributed by atoms with E-state index in [1.54, 1.807) is 7.11 Å². The van der Waals surface area contributed by atoms with Gasteiger partial charge >= 0.3 is 0 Å². The number of hydrogen-bond donors (Lipinski definition) is 1. The van der Waals surface area contributed by atoms with Crippen molar-refractivity contribution in [1.82, 2.24) is 4.90 Å². The molecule has 4 nitrogen and oxygen atoms in total. The molecule has 0 aliphatic carbocycles. The summed E-state index contributed by atoms with van der Waals surface area (Å²) in [6.45, 7) is 1.44. The number of nitrogens with zero attached hydrogens (tertiary/aromatic N) is 1. The number of nitrogens with two attached hydrogens (primary N) is 1. The van der Waals surface area contributed by atoms with Crippen molar-refractivity contribution < 1.29 is 9.53 Å². The molecule has 1 fully saturated rings. The Morgan fingerprint density at radius 1 is 1.56 bits per heavy atom. The lowest BCUT2D eigenvalue weighted by Gasteiger charge is -2.17. The van der Waals surface area contributed by atoms with E-state index in [9.17, 15) is 4.79 Å². The summed E-state index contributed by atoms with van der Waals surface area (Å²) in [6, 6.07) is 5.67. The van der Waals surface area contributed by atoms with Crippen LogP contribution in [0.3, 0.4) is 0 Å². The van der Waals surface area contributed by atoms with Crippen molar-refractivity contribution in [3.05, 3.63) is 29.3 Å². The molecule has 1 aliphatic heterocycles. The van der Waals surface area contributed by atoms with Crippen LogP contribution in [0.15, 0.2) is 18.2 Å². The van der Waals surface area contributed by atoms with Gasteiger partial charge < -0.3 is 15.4 Å². The van der Waals surface area contributed by atoms with E-state index >= 15 is 0 Å². The fourth-order valence-electron chi connectivity index (χ4n) is 2.14. The molecule has 1 saturated heterocycles. The second-order valence-electron chi connectivity index (χ2n) is 4.32. The van der Waals surface area contributed by atoms with E-state index < -0.39 is 0 Å². The van der Waals surface area contributed by atoms with E-state index in [1.165, 1.54) is 0 Å². The van der Waals surface area contributed by atoms with E-state index in [0.717, 1.165) is 24.1 Å². The van der Waals surface area contributed by atoms with Crippen LogP contribution in [0.4, 0.5) is 0 Å². The second-order valence-corrected chi connectivity index (χ2v) is 4.76. The van der Waals surface area contributed by atoms with Gasteiger partial charge in [-0.05, 0) is 24.1 Å². The Labute approximate surface area is 112 Å². The first-order valence-electron chi connectivity index (χ1n) is 5.86. The van der Waals surface area contributed by atoms with E-state index in [4.69, 9.17) is 22.7 Å². The minimum atomic E-state index is 0.211. The molecule has 1 heterocycles. The summed E-state index contributed by atoms with van der Waals surface area (Å²) in [7, 11) is 1.58. The first-order valence-corrected chi connectivity index (χ1v) is 6.27. The molecular weight excluding hydrogens is 248 g/mol. The molecule has 0 spiro atoms. The lowest BCUT2D eigenvalue weighted by atomic mass is 10.1. The van der Waals surface area contributed by atoms with Gasteiger partial charge in [0.05, 0.1) is 12.7 Å². The molecule has 96 valence electrons. The number of thiocarbonyl (C=S) groups is 1. The zero-order valence-electron chi connectivity index (χ0n) is 10.3. The average Bonchev–Trinajstić information content (AvgIpc) is 2.75. The smallest absolute Gasteiger partial charge is 0.222 e. The average molecular weight is 264 g/mol. The standard InChI is InChI=1S/C13H16N2O2S/c1-17-11-5-4-9(7-10(11)13(14)18)8-15-6-2-3-12(15)16/h4-5,7H,2-3,6,8H2,1H3,(H2,14,18). The lowest BCUT2D eigenvalue weighted by molar-refractivity contribution is -0.128. The molecule has 0 radical (unpaired) electrons. The molecule has 0 unspecified atom stereocenters. The predicted octanol–water partition coefficient (Wildman–Crippen LogP) is 1.45. The highest BCUT2D eigenvalue weighted by molar-refractivity contribution is 7.80.